The zero-order chi connectivity index (χ0) is 15.2. The van der Waals surface area contributed by atoms with Gasteiger partial charge in [-0.2, -0.15) is 0 Å². The Morgan fingerprint density at radius 2 is 2.10 bits per heavy atom. The van der Waals surface area contributed by atoms with Crippen molar-refractivity contribution in [1.29, 1.82) is 0 Å². The number of anilines is 1. The van der Waals surface area contributed by atoms with Crippen molar-refractivity contribution in [2.45, 2.75) is 26.4 Å². The summed E-state index contributed by atoms with van der Waals surface area (Å²) in [5, 5.41) is 3.21. The second-order valence-electron chi connectivity index (χ2n) is 4.44. The van der Waals surface area contributed by atoms with Gasteiger partial charge in [-0.15, -0.1) is 0 Å². The zero-order valence-corrected chi connectivity index (χ0v) is 13.6. The maximum Gasteiger partial charge on any atom is 0.334 e. The lowest BCUT2D eigenvalue weighted by atomic mass is 10.2. The summed E-state index contributed by atoms with van der Waals surface area (Å²) in [4.78, 5) is 16.4. The average molecular weight is 352 g/mol. The van der Waals surface area contributed by atoms with Gasteiger partial charge >= 0.3 is 5.97 Å². The first kappa shape index (κ1) is 15.6. The number of aryl methyl sites for hydroxylation is 1. The molecule has 0 saturated heterocycles. The Balaban J connectivity index is 2.28. The van der Waals surface area contributed by atoms with E-state index < -0.39 is 6.04 Å². The minimum absolute atomic E-state index is 0.310. The molecule has 0 aliphatic heterocycles. The number of ether oxygens (including phenoxy) is 1. The van der Waals surface area contributed by atoms with Crippen LogP contribution >= 0.6 is 15.9 Å². The Morgan fingerprint density at radius 3 is 2.71 bits per heavy atom. The van der Waals surface area contributed by atoms with Crippen LogP contribution in [0.5, 0.6) is 0 Å². The fraction of sp³-hybridized carbons (Fsp3) is 0.333. The molecule has 1 aromatic carbocycles. The lowest BCUT2D eigenvalue weighted by Gasteiger charge is -2.19. The number of hydrogen-bond acceptors (Lipinski definition) is 4. The highest BCUT2D eigenvalue weighted by atomic mass is 79.9. The minimum atomic E-state index is -0.575. The van der Waals surface area contributed by atoms with Crippen LogP contribution in [-0.2, 0) is 16.1 Å². The summed E-state index contributed by atoms with van der Waals surface area (Å²) in [6.45, 7) is 4.89. The van der Waals surface area contributed by atoms with E-state index in [2.05, 4.69) is 26.2 Å². The molecule has 1 heterocycles. The summed E-state index contributed by atoms with van der Waals surface area (Å²) in [7, 11) is 0. The van der Waals surface area contributed by atoms with Crippen LogP contribution in [0.2, 0.25) is 0 Å². The molecule has 5 nitrogen and oxygen atoms in total. The normalized spacial score (nSPS) is 12.0. The third-order valence-corrected chi connectivity index (χ3v) is 3.59. The van der Waals surface area contributed by atoms with Gasteiger partial charge in [0.2, 0.25) is 0 Å². The highest BCUT2D eigenvalue weighted by Crippen LogP contribution is 2.22. The van der Waals surface area contributed by atoms with Crippen LogP contribution in [0.25, 0.3) is 0 Å². The Hall–Kier alpha value is -1.82. The van der Waals surface area contributed by atoms with Crippen molar-refractivity contribution in [3.05, 3.63) is 47.0 Å². The average Bonchev–Trinajstić information content (AvgIpc) is 2.95. The van der Waals surface area contributed by atoms with Crippen molar-refractivity contribution in [1.82, 2.24) is 9.55 Å². The van der Waals surface area contributed by atoms with Gasteiger partial charge < -0.3 is 14.6 Å². The molecule has 0 bridgehead atoms. The Labute approximate surface area is 132 Å². The molecule has 0 amide bonds. The molecule has 0 saturated carbocycles. The Morgan fingerprint density at radius 1 is 1.38 bits per heavy atom. The fourth-order valence-electron chi connectivity index (χ4n) is 2.03. The van der Waals surface area contributed by atoms with Gasteiger partial charge in [0.15, 0.2) is 6.04 Å². The highest BCUT2D eigenvalue weighted by Gasteiger charge is 2.25. The first-order chi connectivity index (χ1) is 10.2. The van der Waals surface area contributed by atoms with Crippen LogP contribution < -0.4 is 5.32 Å². The summed E-state index contributed by atoms with van der Waals surface area (Å²) in [5.74, 6) is -0.310. The van der Waals surface area contributed by atoms with Crippen molar-refractivity contribution < 1.29 is 9.53 Å². The van der Waals surface area contributed by atoms with Gasteiger partial charge in [-0.3, -0.25) is 0 Å². The largest absolute Gasteiger partial charge is 0.464 e. The quantitative estimate of drug-likeness (QED) is 0.810. The standard InChI is InChI=1S/C15H18BrN3O2/c1-3-19-10-17-9-13(19)14(15(20)21-4-2)18-12-7-5-11(16)6-8-12/h5-10,14,18H,3-4H2,1-2H3. The minimum Gasteiger partial charge on any atom is -0.464 e. The predicted octanol–water partition coefficient (Wildman–Crippen LogP) is 3.38. The molecule has 21 heavy (non-hydrogen) atoms. The van der Waals surface area contributed by atoms with E-state index in [1.54, 1.807) is 19.4 Å². The number of aromatic nitrogens is 2. The van der Waals surface area contributed by atoms with Crippen molar-refractivity contribution in [3.8, 4) is 0 Å². The molecule has 112 valence electrons. The van der Waals surface area contributed by atoms with E-state index in [1.807, 2.05) is 35.8 Å². The molecule has 0 aliphatic rings. The third kappa shape index (κ3) is 3.85. The summed E-state index contributed by atoms with van der Waals surface area (Å²) in [6.07, 6.45) is 3.40. The molecular weight excluding hydrogens is 334 g/mol. The molecule has 0 aliphatic carbocycles. The number of carbonyl (C=O) groups excluding carboxylic acids is 1. The first-order valence-electron chi connectivity index (χ1n) is 6.84. The summed E-state index contributed by atoms with van der Waals surface area (Å²) in [6, 6.07) is 7.07. The first-order valence-corrected chi connectivity index (χ1v) is 7.63. The highest BCUT2D eigenvalue weighted by molar-refractivity contribution is 9.10. The second kappa shape index (κ2) is 7.26. The van der Waals surface area contributed by atoms with E-state index in [1.165, 1.54) is 0 Å². The van der Waals surface area contributed by atoms with E-state index in [-0.39, 0.29) is 5.97 Å². The molecule has 1 atom stereocenters. The number of imidazole rings is 1. The van der Waals surface area contributed by atoms with Gasteiger partial charge in [0.1, 0.15) is 0 Å². The number of hydrogen-bond donors (Lipinski definition) is 1. The molecule has 1 unspecified atom stereocenters. The topological polar surface area (TPSA) is 56.1 Å². The smallest absolute Gasteiger partial charge is 0.334 e. The summed E-state index contributed by atoms with van der Waals surface area (Å²) in [5.41, 5.74) is 1.64. The number of rotatable bonds is 6. The van der Waals surface area contributed by atoms with Gasteiger partial charge in [0.25, 0.3) is 0 Å². The van der Waals surface area contributed by atoms with Gasteiger partial charge in [0, 0.05) is 16.7 Å². The van der Waals surface area contributed by atoms with Crippen LogP contribution in [0, 0.1) is 0 Å². The summed E-state index contributed by atoms with van der Waals surface area (Å²) >= 11 is 3.39. The molecular formula is C15H18BrN3O2. The molecule has 0 spiro atoms. The maximum atomic E-state index is 12.2. The fourth-order valence-corrected chi connectivity index (χ4v) is 2.29. The monoisotopic (exact) mass is 351 g/mol. The Bertz CT molecular complexity index is 595. The van der Waals surface area contributed by atoms with Crippen molar-refractivity contribution >= 4 is 27.6 Å². The number of halogens is 1. The molecule has 6 heteroatoms. The molecule has 0 radical (unpaired) electrons. The lowest BCUT2D eigenvalue weighted by Crippen LogP contribution is -2.25. The number of carbonyl (C=O) groups is 1. The van der Waals surface area contributed by atoms with Crippen LogP contribution in [0.1, 0.15) is 25.6 Å². The van der Waals surface area contributed by atoms with Crippen LogP contribution in [0.15, 0.2) is 41.3 Å². The van der Waals surface area contributed by atoms with Gasteiger partial charge in [-0.1, -0.05) is 15.9 Å². The van der Waals surface area contributed by atoms with Crippen LogP contribution in [0.4, 0.5) is 5.69 Å². The molecule has 2 aromatic rings. The van der Waals surface area contributed by atoms with Crippen LogP contribution in [-0.4, -0.2) is 22.1 Å². The van der Waals surface area contributed by atoms with Crippen molar-refractivity contribution in [3.63, 3.8) is 0 Å². The molecule has 0 fully saturated rings. The number of nitrogens with zero attached hydrogens (tertiary/aromatic N) is 2. The van der Waals surface area contributed by atoms with E-state index in [4.69, 9.17) is 4.74 Å². The zero-order valence-electron chi connectivity index (χ0n) is 12.0. The van der Waals surface area contributed by atoms with E-state index in [0.29, 0.717) is 6.61 Å². The lowest BCUT2D eigenvalue weighted by molar-refractivity contribution is -0.144. The number of esters is 1. The Kier molecular flexibility index (Phi) is 5.38. The van der Waals surface area contributed by atoms with Gasteiger partial charge in [0.05, 0.1) is 24.8 Å². The number of benzene rings is 1. The van der Waals surface area contributed by atoms with Crippen molar-refractivity contribution in [2.75, 3.05) is 11.9 Å². The number of nitrogens with one attached hydrogen (secondary N) is 1. The van der Waals surface area contributed by atoms with Gasteiger partial charge in [-0.25, -0.2) is 9.78 Å². The SMILES string of the molecule is CCOC(=O)C(Nc1ccc(Br)cc1)c1cncn1CC. The van der Waals surface area contributed by atoms with E-state index in [9.17, 15) is 4.79 Å². The second-order valence-corrected chi connectivity index (χ2v) is 5.36. The van der Waals surface area contributed by atoms with Crippen molar-refractivity contribution in [2.24, 2.45) is 0 Å². The van der Waals surface area contributed by atoms with Gasteiger partial charge in [-0.05, 0) is 38.1 Å². The summed E-state index contributed by atoms with van der Waals surface area (Å²) < 4.78 is 8.08. The van der Waals surface area contributed by atoms with Crippen LogP contribution in [0.3, 0.4) is 0 Å². The third-order valence-electron chi connectivity index (χ3n) is 3.06. The van der Waals surface area contributed by atoms with E-state index in [0.717, 1.165) is 22.4 Å². The maximum absolute atomic E-state index is 12.2. The van der Waals surface area contributed by atoms with E-state index >= 15 is 0 Å². The molecule has 2 rings (SSSR count). The predicted molar refractivity (Wildman–Crippen MR) is 85.0 cm³/mol. The molecule has 1 aromatic heterocycles. The molecule has 1 N–H and O–H groups in total.